The molecule has 1 unspecified atom stereocenters. The molecule has 0 saturated carbocycles. The number of imidazole rings is 1. The summed E-state index contributed by atoms with van der Waals surface area (Å²) in [5.74, 6) is 1.17. The van der Waals surface area contributed by atoms with Crippen molar-refractivity contribution in [3.63, 3.8) is 0 Å². The van der Waals surface area contributed by atoms with Crippen molar-refractivity contribution in [1.29, 1.82) is 0 Å². The SMILES string of the molecule is O=C(CCc1cccnc1)NC1CCn2ccnc2C1. The second kappa shape index (κ2) is 5.86. The van der Waals surface area contributed by atoms with E-state index < -0.39 is 0 Å². The highest BCUT2D eigenvalue weighted by atomic mass is 16.1. The summed E-state index contributed by atoms with van der Waals surface area (Å²) in [4.78, 5) is 20.3. The Balaban J connectivity index is 1.48. The van der Waals surface area contributed by atoms with Gasteiger partial charge in [-0.25, -0.2) is 4.98 Å². The molecule has 104 valence electrons. The monoisotopic (exact) mass is 270 g/mol. The molecule has 1 amide bonds. The van der Waals surface area contributed by atoms with E-state index in [4.69, 9.17) is 0 Å². The molecule has 0 saturated heterocycles. The van der Waals surface area contributed by atoms with Crippen molar-refractivity contribution in [3.8, 4) is 0 Å². The number of pyridine rings is 1. The largest absolute Gasteiger partial charge is 0.353 e. The first-order valence-corrected chi connectivity index (χ1v) is 6.99. The van der Waals surface area contributed by atoms with Gasteiger partial charge < -0.3 is 9.88 Å². The third kappa shape index (κ3) is 3.04. The van der Waals surface area contributed by atoms with Crippen LogP contribution in [-0.2, 0) is 24.2 Å². The predicted molar refractivity (Wildman–Crippen MR) is 75.0 cm³/mol. The maximum Gasteiger partial charge on any atom is 0.220 e. The van der Waals surface area contributed by atoms with Crippen molar-refractivity contribution < 1.29 is 4.79 Å². The lowest BCUT2D eigenvalue weighted by atomic mass is 10.1. The van der Waals surface area contributed by atoms with Crippen LogP contribution >= 0.6 is 0 Å². The van der Waals surface area contributed by atoms with Crippen molar-refractivity contribution >= 4 is 5.91 Å². The van der Waals surface area contributed by atoms with E-state index in [1.807, 2.05) is 30.7 Å². The van der Waals surface area contributed by atoms with Crippen LogP contribution in [0.1, 0.15) is 24.2 Å². The van der Waals surface area contributed by atoms with Gasteiger partial charge in [-0.1, -0.05) is 6.07 Å². The minimum Gasteiger partial charge on any atom is -0.353 e. The first kappa shape index (κ1) is 12.8. The molecule has 5 nitrogen and oxygen atoms in total. The van der Waals surface area contributed by atoms with Crippen molar-refractivity contribution in [2.24, 2.45) is 0 Å². The van der Waals surface area contributed by atoms with Gasteiger partial charge in [0.05, 0.1) is 0 Å². The highest BCUT2D eigenvalue weighted by molar-refractivity contribution is 5.76. The van der Waals surface area contributed by atoms with E-state index in [1.165, 1.54) is 0 Å². The van der Waals surface area contributed by atoms with Crippen LogP contribution in [0.15, 0.2) is 36.9 Å². The summed E-state index contributed by atoms with van der Waals surface area (Å²) >= 11 is 0. The van der Waals surface area contributed by atoms with Crippen LogP contribution in [0.25, 0.3) is 0 Å². The zero-order chi connectivity index (χ0) is 13.8. The number of rotatable bonds is 4. The van der Waals surface area contributed by atoms with Gasteiger partial charge in [0.2, 0.25) is 5.91 Å². The lowest BCUT2D eigenvalue weighted by Crippen LogP contribution is -2.40. The van der Waals surface area contributed by atoms with Crippen molar-refractivity contribution in [1.82, 2.24) is 19.9 Å². The first-order valence-electron chi connectivity index (χ1n) is 6.99. The van der Waals surface area contributed by atoms with Gasteiger partial charge in [-0.3, -0.25) is 9.78 Å². The fourth-order valence-corrected chi connectivity index (χ4v) is 2.58. The lowest BCUT2D eigenvalue weighted by Gasteiger charge is -2.24. The molecule has 2 aromatic rings. The molecule has 2 aromatic heterocycles. The molecule has 0 aliphatic carbocycles. The Bertz CT molecular complexity index is 579. The molecule has 1 N–H and O–H groups in total. The summed E-state index contributed by atoms with van der Waals surface area (Å²) in [5, 5.41) is 3.11. The van der Waals surface area contributed by atoms with Gasteiger partial charge in [-0.15, -0.1) is 0 Å². The molecule has 0 aromatic carbocycles. The highest BCUT2D eigenvalue weighted by Crippen LogP contribution is 2.13. The number of carbonyl (C=O) groups is 1. The third-order valence-electron chi connectivity index (χ3n) is 3.68. The van der Waals surface area contributed by atoms with Crippen LogP contribution in [0.2, 0.25) is 0 Å². The number of nitrogens with zero attached hydrogens (tertiary/aromatic N) is 3. The molecule has 0 radical (unpaired) electrons. The number of aromatic nitrogens is 3. The van der Waals surface area contributed by atoms with Crippen LogP contribution in [0, 0.1) is 0 Å². The number of aryl methyl sites for hydroxylation is 2. The van der Waals surface area contributed by atoms with Crippen molar-refractivity contribution in [2.45, 2.75) is 38.3 Å². The molecule has 3 heterocycles. The number of hydrogen-bond donors (Lipinski definition) is 1. The zero-order valence-corrected chi connectivity index (χ0v) is 11.3. The van der Waals surface area contributed by atoms with Crippen LogP contribution in [0.5, 0.6) is 0 Å². The highest BCUT2D eigenvalue weighted by Gasteiger charge is 2.20. The Labute approximate surface area is 118 Å². The van der Waals surface area contributed by atoms with E-state index in [0.717, 1.165) is 37.2 Å². The summed E-state index contributed by atoms with van der Waals surface area (Å²) in [6, 6.07) is 4.11. The molecule has 1 aliphatic rings. The summed E-state index contributed by atoms with van der Waals surface area (Å²) in [6.07, 6.45) is 10.4. The number of fused-ring (bicyclic) bond motifs is 1. The van der Waals surface area contributed by atoms with Crippen LogP contribution in [0.3, 0.4) is 0 Å². The number of nitrogens with one attached hydrogen (secondary N) is 1. The summed E-state index contributed by atoms with van der Waals surface area (Å²) < 4.78 is 2.15. The molecule has 5 heteroatoms. The Morgan fingerprint density at radius 3 is 3.25 bits per heavy atom. The fraction of sp³-hybridized carbons (Fsp3) is 0.400. The molecule has 1 atom stereocenters. The fourth-order valence-electron chi connectivity index (χ4n) is 2.58. The number of carbonyl (C=O) groups excluding carboxylic acids is 1. The van der Waals surface area contributed by atoms with Gasteiger partial charge in [0.1, 0.15) is 5.82 Å². The van der Waals surface area contributed by atoms with Gasteiger partial charge in [-0.2, -0.15) is 0 Å². The first-order chi connectivity index (χ1) is 9.81. The van der Waals surface area contributed by atoms with Gasteiger partial charge in [-0.05, 0) is 24.5 Å². The molecule has 20 heavy (non-hydrogen) atoms. The van der Waals surface area contributed by atoms with Gasteiger partial charge in [0.25, 0.3) is 0 Å². The minimum absolute atomic E-state index is 0.110. The lowest BCUT2D eigenvalue weighted by molar-refractivity contribution is -0.121. The van der Waals surface area contributed by atoms with Crippen molar-refractivity contribution in [3.05, 3.63) is 48.3 Å². The topological polar surface area (TPSA) is 59.8 Å². The molecular weight excluding hydrogens is 252 g/mol. The summed E-state index contributed by atoms with van der Waals surface area (Å²) in [5.41, 5.74) is 1.10. The Hall–Kier alpha value is -2.17. The second-order valence-electron chi connectivity index (χ2n) is 5.16. The Kier molecular flexibility index (Phi) is 3.76. The maximum absolute atomic E-state index is 12.0. The molecule has 3 rings (SSSR count). The van der Waals surface area contributed by atoms with E-state index in [1.54, 1.807) is 6.20 Å². The maximum atomic E-state index is 12.0. The summed E-state index contributed by atoms with van der Waals surface area (Å²) in [7, 11) is 0. The van der Waals surface area contributed by atoms with Crippen molar-refractivity contribution in [2.75, 3.05) is 0 Å². The van der Waals surface area contributed by atoms with Crippen LogP contribution in [-0.4, -0.2) is 26.5 Å². The van der Waals surface area contributed by atoms with E-state index in [2.05, 4.69) is 19.9 Å². The molecule has 0 spiro atoms. The summed E-state index contributed by atoms with van der Waals surface area (Å²) in [6.45, 7) is 0.933. The number of amides is 1. The molecule has 0 bridgehead atoms. The van der Waals surface area contributed by atoms with E-state index in [0.29, 0.717) is 6.42 Å². The Morgan fingerprint density at radius 1 is 1.45 bits per heavy atom. The Morgan fingerprint density at radius 2 is 2.40 bits per heavy atom. The van der Waals surface area contributed by atoms with Crippen LogP contribution < -0.4 is 5.32 Å². The standard InChI is InChI=1S/C15H18N4O/c20-15(4-3-12-2-1-6-16-11-12)18-13-5-8-19-9-7-17-14(19)10-13/h1-2,6-7,9,11,13H,3-5,8,10H2,(H,18,20). The normalized spacial score (nSPS) is 17.5. The van der Waals surface area contributed by atoms with Gasteiger partial charge in [0, 0.05) is 50.2 Å². The predicted octanol–water partition coefficient (Wildman–Crippen LogP) is 1.34. The van der Waals surface area contributed by atoms with E-state index >= 15 is 0 Å². The van der Waals surface area contributed by atoms with E-state index in [-0.39, 0.29) is 11.9 Å². The van der Waals surface area contributed by atoms with Gasteiger partial charge >= 0.3 is 0 Å². The average molecular weight is 270 g/mol. The molecule has 1 aliphatic heterocycles. The number of hydrogen-bond acceptors (Lipinski definition) is 3. The van der Waals surface area contributed by atoms with Crippen LogP contribution in [0.4, 0.5) is 0 Å². The van der Waals surface area contributed by atoms with E-state index in [9.17, 15) is 4.79 Å². The molecular formula is C15H18N4O. The average Bonchev–Trinajstić information content (AvgIpc) is 2.94. The molecule has 0 fully saturated rings. The quantitative estimate of drug-likeness (QED) is 0.912. The minimum atomic E-state index is 0.110. The third-order valence-corrected chi connectivity index (χ3v) is 3.68. The second-order valence-corrected chi connectivity index (χ2v) is 5.16. The smallest absolute Gasteiger partial charge is 0.220 e. The zero-order valence-electron chi connectivity index (χ0n) is 11.3. The van der Waals surface area contributed by atoms with Gasteiger partial charge in [0.15, 0.2) is 0 Å².